The monoisotopic (exact) mass is 272 g/mol. The van der Waals surface area contributed by atoms with E-state index in [0.29, 0.717) is 21.7 Å². The van der Waals surface area contributed by atoms with Crippen LogP contribution in [0.3, 0.4) is 0 Å². The maximum absolute atomic E-state index is 14.1. The number of rotatable bonds is 1. The zero-order chi connectivity index (χ0) is 13.4. The molecule has 0 aliphatic carbocycles. The quantitative estimate of drug-likeness (QED) is 0.668. The van der Waals surface area contributed by atoms with Crippen molar-refractivity contribution in [1.29, 1.82) is 5.26 Å². The van der Waals surface area contributed by atoms with E-state index in [-0.39, 0.29) is 11.1 Å². The molecular formula is C14H6ClFN2O. The van der Waals surface area contributed by atoms with Crippen LogP contribution in [0.25, 0.3) is 22.2 Å². The summed E-state index contributed by atoms with van der Waals surface area (Å²) >= 11 is 5.81. The van der Waals surface area contributed by atoms with Gasteiger partial charge in [-0.3, -0.25) is 4.98 Å². The number of pyridine rings is 1. The Morgan fingerprint density at radius 3 is 2.95 bits per heavy atom. The summed E-state index contributed by atoms with van der Waals surface area (Å²) in [5, 5.41) is 9.29. The molecule has 92 valence electrons. The Balaban J connectivity index is 2.29. The Bertz CT molecular complexity index is 820. The molecule has 5 heteroatoms. The molecule has 0 spiro atoms. The Morgan fingerprint density at radius 2 is 2.16 bits per heavy atom. The fourth-order valence-electron chi connectivity index (χ4n) is 1.91. The Hall–Kier alpha value is -2.38. The molecule has 3 aromatic rings. The third-order valence-corrected chi connectivity index (χ3v) is 2.99. The highest BCUT2D eigenvalue weighted by molar-refractivity contribution is 6.31. The molecule has 0 aliphatic rings. The van der Waals surface area contributed by atoms with Gasteiger partial charge in [-0.25, -0.2) is 4.39 Å². The number of hydrogen-bond acceptors (Lipinski definition) is 3. The minimum absolute atomic E-state index is 0.0131. The second-order valence-corrected chi connectivity index (χ2v) is 4.37. The first-order valence-corrected chi connectivity index (χ1v) is 5.80. The van der Waals surface area contributed by atoms with Crippen molar-refractivity contribution in [2.75, 3.05) is 0 Å². The smallest absolute Gasteiger partial charge is 0.154 e. The summed E-state index contributed by atoms with van der Waals surface area (Å²) in [5.41, 5.74) is 1.76. The van der Waals surface area contributed by atoms with Crippen LogP contribution in [0.5, 0.6) is 0 Å². The first-order valence-electron chi connectivity index (χ1n) is 5.42. The molecule has 0 unspecified atom stereocenters. The van der Waals surface area contributed by atoms with E-state index < -0.39 is 5.82 Å². The van der Waals surface area contributed by atoms with Gasteiger partial charge in [0.2, 0.25) is 0 Å². The number of hydrogen-bond donors (Lipinski definition) is 0. The highest BCUT2D eigenvalue weighted by atomic mass is 35.5. The van der Waals surface area contributed by atoms with E-state index in [9.17, 15) is 4.39 Å². The van der Waals surface area contributed by atoms with Crippen LogP contribution in [-0.4, -0.2) is 4.98 Å². The fraction of sp³-hybridized carbons (Fsp3) is 0. The average Bonchev–Trinajstić information content (AvgIpc) is 2.82. The van der Waals surface area contributed by atoms with Gasteiger partial charge < -0.3 is 4.42 Å². The standard InChI is InChI=1S/C14H6ClFN2O/c15-9-4-12-14(18-6-9)11(7-19-12)10-3-1-2-8(5-17)13(10)16/h1-4,6-7H. The summed E-state index contributed by atoms with van der Waals surface area (Å²) in [4.78, 5) is 4.14. The van der Waals surface area contributed by atoms with Crippen molar-refractivity contribution in [3.05, 3.63) is 53.1 Å². The van der Waals surface area contributed by atoms with E-state index in [1.807, 2.05) is 6.07 Å². The van der Waals surface area contributed by atoms with Crippen LogP contribution < -0.4 is 0 Å². The molecule has 3 rings (SSSR count). The van der Waals surface area contributed by atoms with Gasteiger partial charge in [-0.05, 0) is 6.07 Å². The van der Waals surface area contributed by atoms with Crippen molar-refractivity contribution < 1.29 is 8.81 Å². The number of benzene rings is 1. The van der Waals surface area contributed by atoms with E-state index in [0.717, 1.165) is 0 Å². The lowest BCUT2D eigenvalue weighted by atomic mass is 10.0. The van der Waals surface area contributed by atoms with E-state index >= 15 is 0 Å². The second kappa shape index (κ2) is 4.38. The van der Waals surface area contributed by atoms with Crippen molar-refractivity contribution >= 4 is 22.7 Å². The van der Waals surface area contributed by atoms with Gasteiger partial charge in [-0.2, -0.15) is 5.26 Å². The van der Waals surface area contributed by atoms with E-state index in [2.05, 4.69) is 4.98 Å². The Labute approximate surface area is 112 Å². The third-order valence-electron chi connectivity index (χ3n) is 2.79. The number of nitrogens with zero attached hydrogens (tertiary/aromatic N) is 2. The van der Waals surface area contributed by atoms with Gasteiger partial charge in [-0.15, -0.1) is 0 Å². The number of halogens is 2. The van der Waals surface area contributed by atoms with E-state index in [1.165, 1.54) is 18.5 Å². The molecule has 19 heavy (non-hydrogen) atoms. The van der Waals surface area contributed by atoms with Gasteiger partial charge in [0.15, 0.2) is 5.58 Å². The zero-order valence-corrected chi connectivity index (χ0v) is 10.3. The van der Waals surface area contributed by atoms with Crippen LogP contribution in [0, 0.1) is 17.1 Å². The summed E-state index contributed by atoms with van der Waals surface area (Å²) in [6.45, 7) is 0. The van der Waals surface area contributed by atoms with Gasteiger partial charge >= 0.3 is 0 Å². The summed E-state index contributed by atoms with van der Waals surface area (Å²) < 4.78 is 19.4. The van der Waals surface area contributed by atoms with Crippen molar-refractivity contribution in [3.8, 4) is 17.2 Å². The van der Waals surface area contributed by atoms with Crippen molar-refractivity contribution in [2.24, 2.45) is 0 Å². The SMILES string of the molecule is N#Cc1cccc(-c2coc3cc(Cl)cnc23)c1F. The molecule has 1 aromatic carbocycles. The number of aromatic nitrogens is 1. The lowest BCUT2D eigenvalue weighted by molar-refractivity contribution is 0.612. The Morgan fingerprint density at radius 1 is 1.32 bits per heavy atom. The predicted molar refractivity (Wildman–Crippen MR) is 69.1 cm³/mol. The number of fused-ring (bicyclic) bond motifs is 1. The molecule has 0 aliphatic heterocycles. The van der Waals surface area contributed by atoms with Gasteiger partial charge in [0.1, 0.15) is 23.7 Å². The Kier molecular flexibility index (Phi) is 2.69. The fourth-order valence-corrected chi connectivity index (χ4v) is 2.06. The van der Waals surface area contributed by atoms with Crippen molar-refractivity contribution in [3.63, 3.8) is 0 Å². The summed E-state index contributed by atoms with van der Waals surface area (Å²) in [5.74, 6) is -0.579. The topological polar surface area (TPSA) is 49.8 Å². The van der Waals surface area contributed by atoms with Crippen molar-refractivity contribution in [1.82, 2.24) is 4.98 Å². The molecule has 0 saturated carbocycles. The van der Waals surface area contributed by atoms with Crippen molar-refractivity contribution in [2.45, 2.75) is 0 Å². The summed E-state index contributed by atoms with van der Waals surface area (Å²) in [7, 11) is 0. The summed E-state index contributed by atoms with van der Waals surface area (Å²) in [6.07, 6.45) is 2.88. The predicted octanol–water partition coefficient (Wildman–Crippen LogP) is 4.16. The molecule has 0 saturated heterocycles. The van der Waals surface area contributed by atoms with Crippen LogP contribution in [0.4, 0.5) is 4.39 Å². The highest BCUT2D eigenvalue weighted by Crippen LogP contribution is 2.32. The molecule has 3 nitrogen and oxygen atoms in total. The third kappa shape index (κ3) is 1.85. The molecule has 0 fully saturated rings. The van der Waals surface area contributed by atoms with Crippen LogP contribution in [0.15, 0.2) is 41.1 Å². The molecule has 0 atom stereocenters. The molecule has 2 heterocycles. The van der Waals surface area contributed by atoms with Crippen LogP contribution in [0.2, 0.25) is 5.02 Å². The largest absolute Gasteiger partial charge is 0.462 e. The number of nitriles is 1. The first kappa shape index (κ1) is 11.7. The summed E-state index contributed by atoms with van der Waals surface area (Å²) in [6, 6.07) is 8.04. The normalized spacial score (nSPS) is 10.6. The van der Waals surface area contributed by atoms with Gasteiger partial charge in [0.05, 0.1) is 10.6 Å². The lowest BCUT2D eigenvalue weighted by Crippen LogP contribution is -1.89. The van der Waals surface area contributed by atoms with Gasteiger partial charge in [0, 0.05) is 23.4 Å². The van der Waals surface area contributed by atoms with Gasteiger partial charge in [-0.1, -0.05) is 23.7 Å². The van der Waals surface area contributed by atoms with E-state index in [4.69, 9.17) is 21.3 Å². The molecule has 0 N–H and O–H groups in total. The van der Waals surface area contributed by atoms with Crippen LogP contribution in [-0.2, 0) is 0 Å². The molecule has 0 amide bonds. The number of furan rings is 1. The second-order valence-electron chi connectivity index (χ2n) is 3.93. The first-order chi connectivity index (χ1) is 9.20. The highest BCUT2D eigenvalue weighted by Gasteiger charge is 2.15. The van der Waals surface area contributed by atoms with Gasteiger partial charge in [0.25, 0.3) is 0 Å². The molecule has 2 aromatic heterocycles. The molecular weight excluding hydrogens is 267 g/mol. The maximum atomic E-state index is 14.1. The van der Waals surface area contributed by atoms with Crippen LogP contribution in [0.1, 0.15) is 5.56 Å². The zero-order valence-electron chi connectivity index (χ0n) is 9.52. The molecule has 0 bridgehead atoms. The minimum atomic E-state index is -0.579. The minimum Gasteiger partial charge on any atom is -0.462 e. The van der Waals surface area contributed by atoms with E-state index in [1.54, 1.807) is 18.2 Å². The average molecular weight is 273 g/mol. The maximum Gasteiger partial charge on any atom is 0.154 e. The lowest BCUT2D eigenvalue weighted by Gasteiger charge is -2.01. The van der Waals surface area contributed by atoms with Crippen LogP contribution >= 0.6 is 11.6 Å². The molecule has 0 radical (unpaired) electrons.